The zero-order valence-corrected chi connectivity index (χ0v) is 14.4. The lowest BCUT2D eigenvalue weighted by Gasteiger charge is -2.19. The Morgan fingerprint density at radius 2 is 1.79 bits per heavy atom. The van der Waals surface area contributed by atoms with Gasteiger partial charge >= 0.3 is 0 Å². The van der Waals surface area contributed by atoms with E-state index < -0.39 is 0 Å². The number of Topliss-reactive ketones (excluding diaryl/α,β-unsaturated/α-hetero) is 1. The molecule has 1 saturated carbocycles. The lowest BCUT2D eigenvalue weighted by molar-refractivity contribution is -0.123. The first kappa shape index (κ1) is 15.9. The number of nitrogens with one attached hydrogen (secondary N) is 1. The van der Waals surface area contributed by atoms with Crippen molar-refractivity contribution in [2.24, 2.45) is 5.92 Å². The van der Waals surface area contributed by atoms with Crippen LogP contribution in [0.5, 0.6) is 0 Å². The Bertz CT molecular complexity index is 721. The molecule has 4 rings (SSSR count). The number of ketones is 1. The van der Waals surface area contributed by atoms with Crippen molar-refractivity contribution in [1.82, 2.24) is 5.32 Å². The Hall–Kier alpha value is -1.64. The second kappa shape index (κ2) is 6.34. The third kappa shape index (κ3) is 3.01. The first-order valence-corrected chi connectivity index (χ1v) is 9.13. The van der Waals surface area contributed by atoms with E-state index in [9.17, 15) is 4.79 Å². The summed E-state index contributed by atoms with van der Waals surface area (Å²) in [6.45, 7) is 0.933. The molecule has 0 spiro atoms. The standard InChI is InChI=1S/C21H22ClNO/c22-18-8-6-17(7-9-18)21(10-11-21)20(24)19-13-16(14-23-19)12-15-4-2-1-3-5-15/h1-9,16,19,23H,10-14H2. The fraction of sp³-hybridized carbons (Fsp3) is 0.381. The van der Waals surface area contributed by atoms with Gasteiger partial charge in [-0.2, -0.15) is 0 Å². The molecule has 2 aromatic carbocycles. The number of carbonyl (C=O) groups is 1. The van der Waals surface area contributed by atoms with Gasteiger partial charge < -0.3 is 5.32 Å². The molecule has 2 atom stereocenters. The molecule has 2 nitrogen and oxygen atoms in total. The van der Waals surface area contributed by atoms with Crippen molar-refractivity contribution in [1.29, 1.82) is 0 Å². The van der Waals surface area contributed by atoms with Gasteiger partial charge in [0.25, 0.3) is 0 Å². The van der Waals surface area contributed by atoms with E-state index in [1.54, 1.807) is 0 Å². The summed E-state index contributed by atoms with van der Waals surface area (Å²) in [7, 11) is 0. The summed E-state index contributed by atoms with van der Waals surface area (Å²) in [4.78, 5) is 13.1. The summed E-state index contributed by atoms with van der Waals surface area (Å²) in [6.07, 6.45) is 3.93. The molecule has 1 N–H and O–H groups in total. The largest absolute Gasteiger partial charge is 0.307 e. The van der Waals surface area contributed by atoms with E-state index in [-0.39, 0.29) is 11.5 Å². The maximum atomic E-state index is 13.1. The molecule has 0 amide bonds. The van der Waals surface area contributed by atoms with Gasteiger partial charge in [0.05, 0.1) is 11.5 Å². The average Bonchev–Trinajstić information content (AvgIpc) is 3.29. The molecule has 2 unspecified atom stereocenters. The highest BCUT2D eigenvalue weighted by molar-refractivity contribution is 6.30. The van der Waals surface area contributed by atoms with E-state index in [1.165, 1.54) is 5.56 Å². The van der Waals surface area contributed by atoms with E-state index in [0.29, 0.717) is 11.7 Å². The maximum absolute atomic E-state index is 13.1. The van der Waals surface area contributed by atoms with Crippen LogP contribution in [-0.4, -0.2) is 18.4 Å². The number of rotatable bonds is 5. The molecule has 3 heteroatoms. The molecular weight excluding hydrogens is 318 g/mol. The lowest BCUT2D eigenvalue weighted by Crippen LogP contribution is -2.38. The monoisotopic (exact) mass is 339 g/mol. The van der Waals surface area contributed by atoms with Crippen molar-refractivity contribution in [3.05, 3.63) is 70.7 Å². The Morgan fingerprint density at radius 3 is 2.46 bits per heavy atom. The molecular formula is C21H22ClNO. The van der Waals surface area contributed by atoms with Crippen molar-refractivity contribution < 1.29 is 4.79 Å². The topological polar surface area (TPSA) is 29.1 Å². The molecule has 1 aliphatic carbocycles. The van der Waals surface area contributed by atoms with Crippen LogP contribution in [-0.2, 0) is 16.6 Å². The number of halogens is 1. The second-order valence-corrected chi connectivity index (χ2v) is 7.64. The predicted molar refractivity (Wildman–Crippen MR) is 97.4 cm³/mol. The fourth-order valence-corrected chi connectivity index (χ4v) is 4.14. The van der Waals surface area contributed by atoms with Gasteiger partial charge in [-0.25, -0.2) is 0 Å². The quantitative estimate of drug-likeness (QED) is 0.886. The van der Waals surface area contributed by atoms with Crippen molar-refractivity contribution >= 4 is 17.4 Å². The minimum Gasteiger partial charge on any atom is -0.307 e. The highest BCUT2D eigenvalue weighted by atomic mass is 35.5. The van der Waals surface area contributed by atoms with Crippen LogP contribution in [0.3, 0.4) is 0 Å². The fourth-order valence-electron chi connectivity index (χ4n) is 4.02. The van der Waals surface area contributed by atoms with Gasteiger partial charge in [0.2, 0.25) is 0 Å². The number of hydrogen-bond acceptors (Lipinski definition) is 2. The maximum Gasteiger partial charge on any atom is 0.160 e. The van der Waals surface area contributed by atoms with Crippen LogP contribution in [0, 0.1) is 5.92 Å². The molecule has 2 aromatic rings. The van der Waals surface area contributed by atoms with E-state index in [0.717, 1.165) is 42.8 Å². The smallest absolute Gasteiger partial charge is 0.160 e. The van der Waals surface area contributed by atoms with Crippen LogP contribution in [0.4, 0.5) is 0 Å². The van der Waals surface area contributed by atoms with Crippen LogP contribution in [0.1, 0.15) is 30.4 Å². The highest BCUT2D eigenvalue weighted by Gasteiger charge is 2.53. The number of carbonyl (C=O) groups excluding carboxylic acids is 1. The molecule has 2 aliphatic rings. The van der Waals surface area contributed by atoms with E-state index in [4.69, 9.17) is 11.6 Å². The third-order valence-corrected chi connectivity index (χ3v) is 5.78. The third-order valence-electron chi connectivity index (χ3n) is 5.52. The molecule has 1 aliphatic heterocycles. The molecule has 24 heavy (non-hydrogen) atoms. The van der Waals surface area contributed by atoms with Gasteiger partial charge in [-0.1, -0.05) is 54.1 Å². The predicted octanol–water partition coefficient (Wildman–Crippen LogP) is 4.16. The van der Waals surface area contributed by atoms with Crippen molar-refractivity contribution in [2.45, 2.75) is 37.1 Å². The lowest BCUT2D eigenvalue weighted by atomic mass is 9.85. The van der Waals surface area contributed by atoms with Gasteiger partial charge in [0.15, 0.2) is 5.78 Å². The Kier molecular flexibility index (Phi) is 4.19. The van der Waals surface area contributed by atoms with Gasteiger partial charge in [-0.3, -0.25) is 4.79 Å². The van der Waals surface area contributed by atoms with Crippen LogP contribution in [0.25, 0.3) is 0 Å². The molecule has 2 fully saturated rings. The second-order valence-electron chi connectivity index (χ2n) is 7.21. The zero-order chi connectivity index (χ0) is 16.6. The Morgan fingerprint density at radius 1 is 1.08 bits per heavy atom. The summed E-state index contributed by atoms with van der Waals surface area (Å²) in [5.74, 6) is 0.919. The number of benzene rings is 2. The van der Waals surface area contributed by atoms with Crippen LogP contribution < -0.4 is 5.32 Å². The molecule has 124 valence electrons. The summed E-state index contributed by atoms with van der Waals surface area (Å²) in [6, 6.07) is 18.4. The normalized spacial score (nSPS) is 24.7. The average molecular weight is 340 g/mol. The summed E-state index contributed by atoms with van der Waals surface area (Å²) in [5, 5.41) is 4.20. The van der Waals surface area contributed by atoms with E-state index >= 15 is 0 Å². The minimum absolute atomic E-state index is 0.00288. The van der Waals surface area contributed by atoms with Crippen molar-refractivity contribution in [3.8, 4) is 0 Å². The first-order valence-electron chi connectivity index (χ1n) is 8.75. The van der Waals surface area contributed by atoms with Crippen LogP contribution in [0.15, 0.2) is 54.6 Å². The zero-order valence-electron chi connectivity index (χ0n) is 13.7. The van der Waals surface area contributed by atoms with Crippen LogP contribution in [0.2, 0.25) is 5.02 Å². The van der Waals surface area contributed by atoms with Crippen molar-refractivity contribution in [3.63, 3.8) is 0 Å². The van der Waals surface area contributed by atoms with Gasteiger partial charge in [-0.15, -0.1) is 0 Å². The summed E-state index contributed by atoms with van der Waals surface area (Å²) in [5.41, 5.74) is 2.23. The Labute approximate surface area is 148 Å². The van der Waals surface area contributed by atoms with Gasteiger partial charge in [0.1, 0.15) is 0 Å². The van der Waals surface area contributed by atoms with Crippen LogP contribution >= 0.6 is 11.6 Å². The highest BCUT2D eigenvalue weighted by Crippen LogP contribution is 2.50. The number of hydrogen-bond donors (Lipinski definition) is 1. The van der Waals surface area contributed by atoms with E-state index in [2.05, 4.69) is 29.6 Å². The molecule has 1 heterocycles. The molecule has 0 bridgehead atoms. The molecule has 0 aromatic heterocycles. The SMILES string of the molecule is O=C(C1CC(Cc2ccccc2)CN1)C1(c2ccc(Cl)cc2)CC1. The van der Waals surface area contributed by atoms with Crippen molar-refractivity contribution in [2.75, 3.05) is 6.54 Å². The van der Waals surface area contributed by atoms with E-state index in [1.807, 2.05) is 30.3 Å². The Balaban J connectivity index is 1.43. The van der Waals surface area contributed by atoms with Gasteiger partial charge in [-0.05, 0) is 61.4 Å². The first-order chi connectivity index (χ1) is 11.7. The summed E-state index contributed by atoms with van der Waals surface area (Å²) < 4.78 is 0. The molecule has 0 radical (unpaired) electrons. The molecule has 1 saturated heterocycles. The minimum atomic E-state index is -0.260. The summed E-state index contributed by atoms with van der Waals surface area (Å²) >= 11 is 5.99. The van der Waals surface area contributed by atoms with Gasteiger partial charge in [0, 0.05) is 5.02 Å².